The van der Waals surface area contributed by atoms with Gasteiger partial charge in [0.05, 0.1) is 13.2 Å². The smallest absolute Gasteiger partial charge is 0.248 e. The number of methoxy groups -OCH3 is 1. The summed E-state index contributed by atoms with van der Waals surface area (Å²) in [6.07, 6.45) is 5.60. The Kier molecular flexibility index (Phi) is 6.28. The third-order valence-corrected chi connectivity index (χ3v) is 4.12. The third-order valence-electron chi connectivity index (χ3n) is 4.12. The summed E-state index contributed by atoms with van der Waals surface area (Å²) in [7, 11) is 1.62. The molecule has 0 saturated carbocycles. The van der Waals surface area contributed by atoms with Crippen LogP contribution in [0.15, 0.2) is 54.6 Å². The number of rotatable bonds is 7. The molecule has 2 aromatic rings. The molecule has 1 aliphatic heterocycles. The lowest BCUT2D eigenvalue weighted by atomic mass is 10.2. The van der Waals surface area contributed by atoms with Crippen LogP contribution in [-0.4, -0.2) is 32.3 Å². The number of anilines is 1. The molecule has 0 bridgehead atoms. The molecule has 0 spiro atoms. The van der Waals surface area contributed by atoms with Gasteiger partial charge in [-0.25, -0.2) is 0 Å². The van der Waals surface area contributed by atoms with Crippen LogP contribution in [0.3, 0.4) is 0 Å². The Labute approximate surface area is 153 Å². The number of carbonyl (C=O) groups excluding carboxylic acids is 1. The Morgan fingerprint density at radius 1 is 1.15 bits per heavy atom. The van der Waals surface area contributed by atoms with Gasteiger partial charge in [-0.3, -0.25) is 4.79 Å². The molecule has 136 valence electrons. The lowest BCUT2D eigenvalue weighted by Gasteiger charge is -2.11. The summed E-state index contributed by atoms with van der Waals surface area (Å²) in [5, 5.41) is 2.83. The first-order valence-corrected chi connectivity index (χ1v) is 8.70. The number of ether oxygens (including phenoxy) is 3. The maximum Gasteiger partial charge on any atom is 0.248 e. The highest BCUT2D eigenvalue weighted by Crippen LogP contribution is 2.18. The molecule has 1 heterocycles. The van der Waals surface area contributed by atoms with E-state index in [0.29, 0.717) is 6.61 Å². The fraction of sp³-hybridized carbons (Fsp3) is 0.286. The molecule has 26 heavy (non-hydrogen) atoms. The second-order valence-electron chi connectivity index (χ2n) is 6.07. The second-order valence-corrected chi connectivity index (χ2v) is 6.07. The molecule has 1 amide bonds. The van der Waals surface area contributed by atoms with Crippen LogP contribution >= 0.6 is 0 Å². The lowest BCUT2D eigenvalue weighted by Crippen LogP contribution is -2.16. The SMILES string of the molecule is COc1ccc(C=CC(=O)Nc2ccc(OCC3CCCO3)cc2)cc1. The molecule has 1 unspecified atom stereocenters. The average molecular weight is 353 g/mol. The van der Waals surface area contributed by atoms with Gasteiger partial charge in [-0.1, -0.05) is 12.1 Å². The van der Waals surface area contributed by atoms with Crippen molar-refractivity contribution in [2.45, 2.75) is 18.9 Å². The van der Waals surface area contributed by atoms with Gasteiger partial charge in [-0.05, 0) is 60.9 Å². The summed E-state index contributed by atoms with van der Waals surface area (Å²) in [5.74, 6) is 1.37. The zero-order chi connectivity index (χ0) is 18.2. The van der Waals surface area contributed by atoms with Crippen LogP contribution in [0.5, 0.6) is 11.5 Å². The molecule has 5 nitrogen and oxygen atoms in total. The summed E-state index contributed by atoms with van der Waals surface area (Å²) in [6, 6.07) is 14.8. The fourth-order valence-electron chi connectivity index (χ4n) is 2.67. The number of nitrogens with one attached hydrogen (secondary N) is 1. The Hall–Kier alpha value is -2.79. The Balaban J connectivity index is 1.47. The van der Waals surface area contributed by atoms with Gasteiger partial charge in [0.2, 0.25) is 5.91 Å². The van der Waals surface area contributed by atoms with Crippen LogP contribution in [0.25, 0.3) is 6.08 Å². The first kappa shape index (κ1) is 18.0. The van der Waals surface area contributed by atoms with Crippen molar-refractivity contribution in [2.75, 3.05) is 25.6 Å². The zero-order valence-corrected chi connectivity index (χ0v) is 14.8. The van der Waals surface area contributed by atoms with E-state index >= 15 is 0 Å². The number of amides is 1. The average Bonchev–Trinajstić information content (AvgIpc) is 3.20. The molecule has 0 radical (unpaired) electrons. The summed E-state index contributed by atoms with van der Waals surface area (Å²) in [6.45, 7) is 1.39. The van der Waals surface area contributed by atoms with Crippen LogP contribution in [-0.2, 0) is 9.53 Å². The van der Waals surface area contributed by atoms with Gasteiger partial charge < -0.3 is 19.5 Å². The van der Waals surface area contributed by atoms with Crippen LogP contribution in [0.1, 0.15) is 18.4 Å². The lowest BCUT2D eigenvalue weighted by molar-refractivity contribution is -0.111. The van der Waals surface area contributed by atoms with Crippen LogP contribution < -0.4 is 14.8 Å². The molecule has 0 aliphatic carbocycles. The van der Waals surface area contributed by atoms with Crippen molar-refractivity contribution in [3.8, 4) is 11.5 Å². The van der Waals surface area contributed by atoms with Crippen molar-refractivity contribution >= 4 is 17.7 Å². The van der Waals surface area contributed by atoms with E-state index in [4.69, 9.17) is 14.2 Å². The highest BCUT2D eigenvalue weighted by Gasteiger charge is 2.15. The normalized spacial score (nSPS) is 16.6. The van der Waals surface area contributed by atoms with E-state index in [2.05, 4.69) is 5.32 Å². The van der Waals surface area contributed by atoms with Crippen molar-refractivity contribution in [3.63, 3.8) is 0 Å². The minimum Gasteiger partial charge on any atom is -0.497 e. The van der Waals surface area contributed by atoms with Gasteiger partial charge in [-0.2, -0.15) is 0 Å². The summed E-state index contributed by atoms with van der Waals surface area (Å²) in [4.78, 5) is 12.0. The minimum atomic E-state index is -0.186. The number of benzene rings is 2. The summed E-state index contributed by atoms with van der Waals surface area (Å²) < 4.78 is 16.4. The Morgan fingerprint density at radius 2 is 1.88 bits per heavy atom. The van der Waals surface area contributed by atoms with E-state index in [9.17, 15) is 4.79 Å². The van der Waals surface area contributed by atoms with Gasteiger partial charge in [0.15, 0.2) is 0 Å². The van der Waals surface area contributed by atoms with Gasteiger partial charge >= 0.3 is 0 Å². The van der Waals surface area contributed by atoms with Crippen LogP contribution in [0.4, 0.5) is 5.69 Å². The maximum atomic E-state index is 12.0. The standard InChI is InChI=1S/C21H23NO4/c1-24-18-9-4-16(5-10-18)6-13-21(23)22-17-7-11-19(12-8-17)26-15-20-3-2-14-25-20/h4-13,20H,2-3,14-15H2,1H3,(H,22,23). The predicted molar refractivity (Wildman–Crippen MR) is 102 cm³/mol. The molecule has 1 saturated heterocycles. The minimum absolute atomic E-state index is 0.186. The van der Waals surface area contributed by atoms with Crippen molar-refractivity contribution in [2.24, 2.45) is 0 Å². The molecule has 1 fully saturated rings. The topological polar surface area (TPSA) is 56.8 Å². The van der Waals surface area contributed by atoms with E-state index in [1.807, 2.05) is 48.5 Å². The molecule has 0 aromatic heterocycles. The molecule has 1 N–H and O–H groups in total. The largest absolute Gasteiger partial charge is 0.497 e. The van der Waals surface area contributed by atoms with Crippen molar-refractivity contribution in [3.05, 3.63) is 60.2 Å². The number of carbonyl (C=O) groups is 1. The van der Waals surface area contributed by atoms with Gasteiger partial charge in [0.25, 0.3) is 0 Å². The van der Waals surface area contributed by atoms with Crippen LogP contribution in [0.2, 0.25) is 0 Å². The van der Waals surface area contributed by atoms with Gasteiger partial charge in [-0.15, -0.1) is 0 Å². The van der Waals surface area contributed by atoms with E-state index < -0.39 is 0 Å². The second kappa shape index (κ2) is 9.06. The Bertz CT molecular complexity index is 732. The van der Waals surface area contributed by atoms with Crippen molar-refractivity contribution in [1.82, 2.24) is 0 Å². The molecular formula is C21H23NO4. The van der Waals surface area contributed by atoms with Gasteiger partial charge in [0.1, 0.15) is 18.1 Å². The molecule has 3 rings (SSSR count). The molecule has 2 aromatic carbocycles. The van der Waals surface area contributed by atoms with E-state index in [1.54, 1.807) is 13.2 Å². The van der Waals surface area contributed by atoms with Crippen LogP contribution in [0, 0.1) is 0 Å². The highest BCUT2D eigenvalue weighted by molar-refractivity contribution is 6.01. The first-order chi connectivity index (χ1) is 12.7. The van der Waals surface area contributed by atoms with Gasteiger partial charge in [0, 0.05) is 18.4 Å². The summed E-state index contributed by atoms with van der Waals surface area (Å²) >= 11 is 0. The third kappa shape index (κ3) is 5.36. The molecule has 1 atom stereocenters. The summed E-state index contributed by atoms with van der Waals surface area (Å²) in [5.41, 5.74) is 1.65. The first-order valence-electron chi connectivity index (χ1n) is 8.70. The molecule has 1 aliphatic rings. The fourth-order valence-corrected chi connectivity index (χ4v) is 2.67. The van der Waals surface area contributed by atoms with E-state index in [-0.39, 0.29) is 12.0 Å². The van der Waals surface area contributed by atoms with Crippen molar-refractivity contribution < 1.29 is 19.0 Å². The predicted octanol–water partition coefficient (Wildman–Crippen LogP) is 3.90. The zero-order valence-electron chi connectivity index (χ0n) is 14.8. The molecular weight excluding hydrogens is 330 g/mol. The number of hydrogen-bond acceptors (Lipinski definition) is 4. The maximum absolute atomic E-state index is 12.0. The van der Waals surface area contributed by atoms with E-state index in [1.165, 1.54) is 6.08 Å². The highest BCUT2D eigenvalue weighted by atomic mass is 16.5. The quantitative estimate of drug-likeness (QED) is 0.767. The molecule has 5 heteroatoms. The number of hydrogen-bond donors (Lipinski definition) is 1. The monoisotopic (exact) mass is 353 g/mol. The van der Waals surface area contributed by atoms with E-state index in [0.717, 1.165) is 42.2 Å². The van der Waals surface area contributed by atoms with Crippen molar-refractivity contribution in [1.29, 1.82) is 0 Å². The Morgan fingerprint density at radius 3 is 2.54 bits per heavy atom.